The minimum Gasteiger partial charge on any atom is -0.497 e. The average molecular weight is 496 g/mol. The quantitative estimate of drug-likeness (QED) is 0.304. The van der Waals surface area contributed by atoms with E-state index in [1.807, 2.05) is 30.3 Å². The van der Waals surface area contributed by atoms with Crippen molar-refractivity contribution in [3.63, 3.8) is 0 Å². The lowest BCUT2D eigenvalue weighted by Crippen LogP contribution is -2.25. The van der Waals surface area contributed by atoms with Crippen molar-refractivity contribution in [3.05, 3.63) is 52.0 Å². The molecule has 1 aromatic carbocycles. The zero-order chi connectivity index (χ0) is 24.6. The largest absolute Gasteiger partial charge is 0.497 e. The maximum atomic E-state index is 13.0. The molecule has 0 atom stereocenters. The number of rotatable bonds is 11. The molecule has 35 heavy (non-hydrogen) atoms. The Bertz CT molecular complexity index is 1100. The molecule has 3 aromatic rings. The highest BCUT2D eigenvalue weighted by Gasteiger charge is 2.23. The molecule has 1 saturated carbocycles. The summed E-state index contributed by atoms with van der Waals surface area (Å²) in [5.41, 5.74) is 3.73. The number of ether oxygens (including phenoxy) is 2. The van der Waals surface area contributed by atoms with E-state index in [0.29, 0.717) is 19.1 Å². The number of methoxy groups -OCH3 is 1. The SMILES string of the molecule is CCCCNC(=O)c1cc(-c2csc(COc3ccc(OC)cc3)n2)n(CC2CCCCC2)c1C. The normalized spacial score (nSPS) is 14.1. The summed E-state index contributed by atoms with van der Waals surface area (Å²) in [6, 6.07) is 9.60. The first kappa shape index (κ1) is 25.3. The number of unbranched alkanes of at least 4 members (excludes halogenated alkanes) is 1. The van der Waals surface area contributed by atoms with Crippen LogP contribution >= 0.6 is 11.3 Å². The molecular weight excluding hydrogens is 458 g/mol. The Labute approximate surface area is 212 Å². The molecule has 1 aliphatic carbocycles. The van der Waals surface area contributed by atoms with Gasteiger partial charge in [0.05, 0.1) is 24.1 Å². The van der Waals surface area contributed by atoms with Crippen LogP contribution in [0.1, 0.15) is 72.9 Å². The Balaban J connectivity index is 1.54. The van der Waals surface area contributed by atoms with Gasteiger partial charge in [0.1, 0.15) is 23.1 Å². The van der Waals surface area contributed by atoms with Crippen LogP contribution in [-0.4, -0.2) is 29.1 Å². The number of benzene rings is 1. The summed E-state index contributed by atoms with van der Waals surface area (Å²) >= 11 is 1.59. The van der Waals surface area contributed by atoms with Crippen molar-refractivity contribution in [3.8, 4) is 22.9 Å². The molecule has 1 N–H and O–H groups in total. The van der Waals surface area contributed by atoms with E-state index in [0.717, 1.165) is 58.5 Å². The molecule has 0 radical (unpaired) electrons. The van der Waals surface area contributed by atoms with Gasteiger partial charge in [-0.15, -0.1) is 11.3 Å². The summed E-state index contributed by atoms with van der Waals surface area (Å²) in [6.07, 6.45) is 8.50. The second-order valence-corrected chi connectivity index (χ2v) is 10.3. The zero-order valence-electron chi connectivity index (χ0n) is 21.1. The smallest absolute Gasteiger partial charge is 0.253 e. The number of nitrogens with one attached hydrogen (secondary N) is 1. The molecule has 1 fully saturated rings. The first-order valence-electron chi connectivity index (χ1n) is 12.8. The number of nitrogens with zero attached hydrogens (tertiary/aromatic N) is 2. The molecule has 4 rings (SSSR count). The average Bonchev–Trinajstić information content (AvgIpc) is 3.48. The van der Waals surface area contributed by atoms with Crippen LogP contribution in [0.5, 0.6) is 11.5 Å². The number of aromatic nitrogens is 2. The van der Waals surface area contributed by atoms with E-state index in [1.165, 1.54) is 32.1 Å². The minimum absolute atomic E-state index is 0.0119. The summed E-state index contributed by atoms with van der Waals surface area (Å²) in [4.78, 5) is 17.9. The molecular formula is C28H37N3O3S. The van der Waals surface area contributed by atoms with E-state index in [9.17, 15) is 4.79 Å². The molecule has 2 heterocycles. The molecule has 2 aromatic heterocycles. The molecule has 7 heteroatoms. The third-order valence-electron chi connectivity index (χ3n) is 6.83. The van der Waals surface area contributed by atoms with Crippen LogP contribution in [0.25, 0.3) is 11.4 Å². The van der Waals surface area contributed by atoms with Gasteiger partial charge < -0.3 is 19.4 Å². The van der Waals surface area contributed by atoms with Crippen molar-refractivity contribution in [2.24, 2.45) is 5.92 Å². The van der Waals surface area contributed by atoms with Crippen molar-refractivity contribution in [1.82, 2.24) is 14.9 Å². The molecule has 1 amide bonds. The van der Waals surface area contributed by atoms with E-state index in [-0.39, 0.29) is 5.91 Å². The van der Waals surface area contributed by atoms with Crippen molar-refractivity contribution in [1.29, 1.82) is 0 Å². The molecule has 1 aliphatic rings. The summed E-state index contributed by atoms with van der Waals surface area (Å²) in [5.74, 6) is 2.25. The summed E-state index contributed by atoms with van der Waals surface area (Å²) in [7, 11) is 1.65. The maximum Gasteiger partial charge on any atom is 0.253 e. The molecule has 188 valence electrons. The fourth-order valence-corrected chi connectivity index (χ4v) is 5.44. The highest BCUT2D eigenvalue weighted by molar-refractivity contribution is 7.09. The summed E-state index contributed by atoms with van der Waals surface area (Å²) in [6.45, 7) is 6.26. The van der Waals surface area contributed by atoms with E-state index >= 15 is 0 Å². The lowest BCUT2D eigenvalue weighted by atomic mass is 9.89. The van der Waals surface area contributed by atoms with Crippen molar-refractivity contribution in [2.75, 3.05) is 13.7 Å². The Morgan fingerprint density at radius 1 is 1.17 bits per heavy atom. The monoisotopic (exact) mass is 495 g/mol. The fraction of sp³-hybridized carbons (Fsp3) is 0.500. The molecule has 0 aliphatic heterocycles. The molecule has 0 unspecified atom stereocenters. The second kappa shape index (κ2) is 12.2. The van der Waals surface area contributed by atoms with Crippen LogP contribution in [0.2, 0.25) is 0 Å². The number of hydrogen-bond acceptors (Lipinski definition) is 5. The standard InChI is InChI=1S/C28H37N3O3S/c1-4-5-15-29-28(32)24-16-26(31(20(24)2)17-21-9-7-6-8-10-21)25-19-35-27(30-25)18-34-23-13-11-22(33-3)12-14-23/h11-14,16,19,21H,4-10,15,17-18H2,1-3H3,(H,29,32). The van der Waals surface area contributed by atoms with Crippen LogP contribution in [0, 0.1) is 12.8 Å². The third-order valence-corrected chi connectivity index (χ3v) is 7.65. The second-order valence-electron chi connectivity index (χ2n) is 9.34. The van der Waals surface area contributed by atoms with Gasteiger partial charge in [-0.3, -0.25) is 4.79 Å². The Morgan fingerprint density at radius 2 is 1.91 bits per heavy atom. The predicted molar refractivity (Wildman–Crippen MR) is 141 cm³/mol. The van der Waals surface area contributed by atoms with Crippen LogP contribution in [0.15, 0.2) is 35.7 Å². The first-order chi connectivity index (χ1) is 17.1. The van der Waals surface area contributed by atoms with Gasteiger partial charge in [-0.1, -0.05) is 32.6 Å². The highest BCUT2D eigenvalue weighted by atomic mass is 32.1. The molecule has 0 saturated heterocycles. The van der Waals surface area contributed by atoms with Gasteiger partial charge in [0.2, 0.25) is 0 Å². The fourth-order valence-electron chi connectivity index (χ4n) is 4.74. The van der Waals surface area contributed by atoms with Gasteiger partial charge >= 0.3 is 0 Å². The van der Waals surface area contributed by atoms with Crippen LogP contribution in [0.4, 0.5) is 0 Å². The van der Waals surface area contributed by atoms with Gasteiger partial charge in [0.15, 0.2) is 0 Å². The van der Waals surface area contributed by atoms with Gasteiger partial charge in [-0.2, -0.15) is 0 Å². The van der Waals surface area contributed by atoms with Crippen molar-refractivity contribution >= 4 is 17.2 Å². The molecule has 0 bridgehead atoms. The van der Waals surface area contributed by atoms with Crippen molar-refractivity contribution < 1.29 is 14.3 Å². The van der Waals surface area contributed by atoms with Gasteiger partial charge in [0, 0.05) is 24.2 Å². The van der Waals surface area contributed by atoms with E-state index in [1.54, 1.807) is 18.4 Å². The number of amides is 1. The van der Waals surface area contributed by atoms with Crippen molar-refractivity contribution in [2.45, 2.75) is 71.9 Å². The van der Waals surface area contributed by atoms with E-state index in [4.69, 9.17) is 14.5 Å². The van der Waals surface area contributed by atoms with Gasteiger partial charge in [-0.05, 0) is 62.4 Å². The van der Waals surface area contributed by atoms with Crippen LogP contribution in [-0.2, 0) is 13.2 Å². The van der Waals surface area contributed by atoms with Crippen LogP contribution in [0.3, 0.4) is 0 Å². The number of thiazole rings is 1. The topological polar surface area (TPSA) is 65.4 Å². The Morgan fingerprint density at radius 3 is 2.63 bits per heavy atom. The number of carbonyl (C=O) groups excluding carboxylic acids is 1. The highest BCUT2D eigenvalue weighted by Crippen LogP contribution is 2.32. The van der Waals surface area contributed by atoms with E-state index < -0.39 is 0 Å². The number of hydrogen-bond donors (Lipinski definition) is 1. The summed E-state index contributed by atoms with van der Waals surface area (Å²) < 4.78 is 13.5. The molecule has 0 spiro atoms. The maximum absolute atomic E-state index is 13.0. The third kappa shape index (κ3) is 6.45. The number of carbonyl (C=O) groups is 1. The first-order valence-corrected chi connectivity index (χ1v) is 13.7. The van der Waals surface area contributed by atoms with Gasteiger partial charge in [-0.25, -0.2) is 4.98 Å². The zero-order valence-corrected chi connectivity index (χ0v) is 22.0. The lowest BCUT2D eigenvalue weighted by Gasteiger charge is -2.24. The van der Waals surface area contributed by atoms with E-state index in [2.05, 4.69) is 29.1 Å². The van der Waals surface area contributed by atoms with Gasteiger partial charge in [0.25, 0.3) is 5.91 Å². The predicted octanol–water partition coefficient (Wildman–Crippen LogP) is 6.62. The summed E-state index contributed by atoms with van der Waals surface area (Å²) in [5, 5.41) is 6.08. The van der Waals surface area contributed by atoms with Crippen LogP contribution < -0.4 is 14.8 Å². The Kier molecular flexibility index (Phi) is 8.85. The Hall–Kier alpha value is -2.80. The molecule has 6 nitrogen and oxygen atoms in total. The lowest BCUT2D eigenvalue weighted by molar-refractivity contribution is 0.0952. The minimum atomic E-state index is 0.0119.